The molecule has 0 fully saturated rings. The minimum Gasteiger partial charge on any atom is -0.444 e. The maximum atomic E-state index is 11.5. The summed E-state index contributed by atoms with van der Waals surface area (Å²) >= 11 is 2.19. The number of hydrogen-bond acceptors (Lipinski definition) is 3. The van der Waals surface area contributed by atoms with Gasteiger partial charge in [-0.15, -0.1) is 0 Å². The van der Waals surface area contributed by atoms with Crippen LogP contribution in [0.1, 0.15) is 31.9 Å². The third-order valence-electron chi connectivity index (χ3n) is 2.23. The molecule has 1 aromatic carbocycles. The van der Waals surface area contributed by atoms with Gasteiger partial charge in [0.15, 0.2) is 0 Å². The Labute approximate surface area is 121 Å². The van der Waals surface area contributed by atoms with Gasteiger partial charge in [0.05, 0.1) is 0 Å². The number of carbonyl (C=O) groups excluding carboxylic acids is 1. The van der Waals surface area contributed by atoms with Gasteiger partial charge < -0.3 is 15.8 Å². The molecule has 18 heavy (non-hydrogen) atoms. The summed E-state index contributed by atoms with van der Waals surface area (Å²) in [5.74, 6) is 0. The zero-order valence-corrected chi connectivity index (χ0v) is 13.3. The predicted octanol–water partition coefficient (Wildman–Crippen LogP) is 3.21. The van der Waals surface area contributed by atoms with Gasteiger partial charge in [0, 0.05) is 15.8 Å². The van der Waals surface area contributed by atoms with E-state index in [0.717, 1.165) is 20.4 Å². The van der Waals surface area contributed by atoms with Crippen LogP contribution in [0.15, 0.2) is 12.1 Å². The first-order valence-electron chi connectivity index (χ1n) is 5.70. The van der Waals surface area contributed by atoms with E-state index in [1.54, 1.807) is 0 Å². The number of nitrogens with one attached hydrogen (secondary N) is 1. The van der Waals surface area contributed by atoms with Crippen molar-refractivity contribution < 1.29 is 9.53 Å². The lowest BCUT2D eigenvalue weighted by molar-refractivity contribution is 0.0523. The quantitative estimate of drug-likeness (QED) is 0.627. The number of aryl methyl sites for hydroxylation is 1. The van der Waals surface area contributed by atoms with Crippen LogP contribution in [0.4, 0.5) is 10.5 Å². The molecule has 1 aromatic rings. The second kappa shape index (κ2) is 5.77. The summed E-state index contributed by atoms with van der Waals surface area (Å²) in [6.07, 6.45) is -0.410. The number of carbonyl (C=O) groups is 1. The summed E-state index contributed by atoms with van der Waals surface area (Å²) in [4.78, 5) is 11.5. The van der Waals surface area contributed by atoms with E-state index in [2.05, 4.69) is 27.9 Å². The molecule has 100 valence electrons. The summed E-state index contributed by atoms with van der Waals surface area (Å²) < 4.78 is 6.16. The van der Waals surface area contributed by atoms with Gasteiger partial charge in [0.1, 0.15) is 5.60 Å². The fraction of sp³-hybridized carbons (Fsp3) is 0.462. The van der Waals surface area contributed by atoms with E-state index in [0.29, 0.717) is 6.54 Å². The average Bonchev–Trinajstić information content (AvgIpc) is 2.20. The molecule has 0 aliphatic rings. The highest BCUT2D eigenvalue weighted by molar-refractivity contribution is 14.1. The number of nitrogens with two attached hydrogens (primary N) is 1. The van der Waals surface area contributed by atoms with Crippen molar-refractivity contribution in [1.82, 2.24) is 5.32 Å². The van der Waals surface area contributed by atoms with Crippen LogP contribution in [0.3, 0.4) is 0 Å². The molecule has 1 rings (SSSR count). The van der Waals surface area contributed by atoms with E-state index in [9.17, 15) is 4.79 Å². The third kappa shape index (κ3) is 4.72. The Balaban J connectivity index is 2.62. The number of amides is 1. The lowest BCUT2D eigenvalue weighted by atomic mass is 10.1. The van der Waals surface area contributed by atoms with E-state index >= 15 is 0 Å². The minimum absolute atomic E-state index is 0.410. The van der Waals surface area contributed by atoms with Crippen molar-refractivity contribution in [2.75, 3.05) is 5.73 Å². The molecule has 0 bridgehead atoms. The molecule has 4 nitrogen and oxygen atoms in total. The standard InChI is InChI=1S/C13H19IN2O2/c1-8-5-9(6-10(14)11(8)15)7-16-12(17)18-13(2,3)4/h5-6H,7,15H2,1-4H3,(H,16,17). The molecular weight excluding hydrogens is 343 g/mol. The fourth-order valence-electron chi connectivity index (χ4n) is 1.42. The third-order valence-corrected chi connectivity index (χ3v) is 3.12. The summed E-state index contributed by atoms with van der Waals surface area (Å²) in [5, 5.41) is 2.72. The molecule has 3 N–H and O–H groups in total. The van der Waals surface area contributed by atoms with Crippen molar-refractivity contribution >= 4 is 34.4 Å². The molecule has 0 spiro atoms. The van der Waals surface area contributed by atoms with Crippen LogP contribution >= 0.6 is 22.6 Å². The number of rotatable bonds is 2. The van der Waals surface area contributed by atoms with Crippen LogP contribution in [0, 0.1) is 10.5 Å². The van der Waals surface area contributed by atoms with Crippen molar-refractivity contribution in [3.05, 3.63) is 26.8 Å². The van der Waals surface area contributed by atoms with E-state index in [-0.39, 0.29) is 0 Å². The van der Waals surface area contributed by atoms with E-state index in [1.807, 2.05) is 39.8 Å². The van der Waals surface area contributed by atoms with Crippen LogP contribution in [0.5, 0.6) is 0 Å². The van der Waals surface area contributed by atoms with E-state index in [1.165, 1.54) is 0 Å². The van der Waals surface area contributed by atoms with Crippen molar-refractivity contribution in [2.45, 2.75) is 39.8 Å². The van der Waals surface area contributed by atoms with Gasteiger partial charge in [0.25, 0.3) is 0 Å². The molecule has 0 saturated heterocycles. The minimum atomic E-state index is -0.477. The molecular formula is C13H19IN2O2. The Hall–Kier alpha value is -0.980. The first-order chi connectivity index (χ1) is 8.19. The number of anilines is 1. The van der Waals surface area contributed by atoms with Crippen molar-refractivity contribution in [2.24, 2.45) is 0 Å². The molecule has 0 aliphatic heterocycles. The van der Waals surface area contributed by atoms with Crippen LogP contribution in [-0.4, -0.2) is 11.7 Å². The highest BCUT2D eigenvalue weighted by atomic mass is 127. The van der Waals surface area contributed by atoms with Gasteiger partial charge in [-0.25, -0.2) is 4.79 Å². The summed E-state index contributed by atoms with van der Waals surface area (Å²) in [7, 11) is 0. The second-order valence-corrected chi connectivity index (χ2v) is 6.33. The van der Waals surface area contributed by atoms with Gasteiger partial charge in [-0.1, -0.05) is 6.07 Å². The zero-order chi connectivity index (χ0) is 13.9. The van der Waals surface area contributed by atoms with Gasteiger partial charge in [-0.3, -0.25) is 0 Å². The SMILES string of the molecule is Cc1cc(CNC(=O)OC(C)(C)C)cc(I)c1N. The highest BCUT2D eigenvalue weighted by Gasteiger charge is 2.15. The summed E-state index contributed by atoms with van der Waals surface area (Å²) in [6, 6.07) is 3.93. The Morgan fingerprint density at radius 2 is 2.06 bits per heavy atom. The molecule has 0 aromatic heterocycles. The molecule has 0 unspecified atom stereocenters. The number of hydrogen-bond donors (Lipinski definition) is 2. The van der Waals surface area contributed by atoms with Crippen molar-refractivity contribution in [1.29, 1.82) is 0 Å². The van der Waals surface area contributed by atoms with Crippen molar-refractivity contribution in [3.63, 3.8) is 0 Å². The average molecular weight is 362 g/mol. The zero-order valence-electron chi connectivity index (χ0n) is 11.1. The maximum Gasteiger partial charge on any atom is 0.407 e. The molecule has 1 amide bonds. The molecule has 0 aliphatic carbocycles. The van der Waals surface area contributed by atoms with E-state index < -0.39 is 11.7 Å². The van der Waals surface area contributed by atoms with Gasteiger partial charge in [-0.2, -0.15) is 0 Å². The Kier molecular flexibility index (Phi) is 4.84. The summed E-state index contributed by atoms with van der Waals surface area (Å²) in [5.41, 5.74) is 8.21. The van der Waals surface area contributed by atoms with Crippen LogP contribution in [0.2, 0.25) is 0 Å². The van der Waals surface area contributed by atoms with E-state index in [4.69, 9.17) is 10.5 Å². The van der Waals surface area contributed by atoms with Gasteiger partial charge in [-0.05, 0) is 67.5 Å². The molecule has 0 radical (unpaired) electrons. The van der Waals surface area contributed by atoms with Crippen LogP contribution < -0.4 is 11.1 Å². The smallest absolute Gasteiger partial charge is 0.407 e. The van der Waals surface area contributed by atoms with Crippen LogP contribution in [0.25, 0.3) is 0 Å². The van der Waals surface area contributed by atoms with Crippen molar-refractivity contribution in [3.8, 4) is 0 Å². The predicted molar refractivity (Wildman–Crippen MR) is 81.4 cm³/mol. The normalized spacial score (nSPS) is 11.2. The number of benzene rings is 1. The van der Waals surface area contributed by atoms with Gasteiger partial charge >= 0.3 is 6.09 Å². The molecule has 0 atom stereocenters. The molecule has 0 heterocycles. The number of halogens is 1. The Morgan fingerprint density at radius 3 is 2.56 bits per heavy atom. The summed E-state index contributed by atoms with van der Waals surface area (Å²) in [6.45, 7) is 7.90. The number of ether oxygens (including phenoxy) is 1. The monoisotopic (exact) mass is 362 g/mol. The number of alkyl carbamates (subject to hydrolysis) is 1. The molecule has 0 saturated carbocycles. The molecule has 5 heteroatoms. The Bertz CT molecular complexity index is 430. The largest absolute Gasteiger partial charge is 0.444 e. The first-order valence-corrected chi connectivity index (χ1v) is 6.78. The highest BCUT2D eigenvalue weighted by Crippen LogP contribution is 2.21. The second-order valence-electron chi connectivity index (χ2n) is 5.16. The topological polar surface area (TPSA) is 64.3 Å². The lowest BCUT2D eigenvalue weighted by Crippen LogP contribution is -2.32. The maximum absolute atomic E-state index is 11.5. The van der Waals surface area contributed by atoms with Crippen LogP contribution in [-0.2, 0) is 11.3 Å². The lowest BCUT2D eigenvalue weighted by Gasteiger charge is -2.19. The first kappa shape index (κ1) is 15.1. The Morgan fingerprint density at radius 1 is 1.44 bits per heavy atom. The fourth-order valence-corrected chi connectivity index (χ4v) is 2.24. The number of nitrogen functional groups attached to an aromatic ring is 1. The van der Waals surface area contributed by atoms with Gasteiger partial charge in [0.2, 0.25) is 0 Å².